The molecular formula is C11H21NO2. The molecule has 0 fully saturated rings. The number of ether oxygens (including phenoxy) is 2. The number of hydrogen-bond donors (Lipinski definition) is 1. The maximum absolute atomic E-state index is 5.28. The predicted octanol–water partition coefficient (Wildman–Crippen LogP) is 1.69. The fourth-order valence-electron chi connectivity index (χ4n) is 2.01. The van der Waals surface area contributed by atoms with Gasteiger partial charge in [-0.05, 0) is 32.7 Å². The average molecular weight is 199 g/mol. The Morgan fingerprint density at radius 2 is 2.00 bits per heavy atom. The van der Waals surface area contributed by atoms with Gasteiger partial charge in [-0.15, -0.1) is 0 Å². The van der Waals surface area contributed by atoms with Crippen LogP contribution in [-0.2, 0) is 9.47 Å². The summed E-state index contributed by atoms with van der Waals surface area (Å²) in [6, 6.07) is 0.199. The van der Waals surface area contributed by atoms with Gasteiger partial charge in [0.05, 0.1) is 6.04 Å². The summed E-state index contributed by atoms with van der Waals surface area (Å²) >= 11 is 0. The molecule has 0 aromatic rings. The molecule has 0 aromatic carbocycles. The van der Waals surface area contributed by atoms with E-state index in [-0.39, 0.29) is 12.3 Å². The van der Waals surface area contributed by atoms with Gasteiger partial charge >= 0.3 is 0 Å². The quantitative estimate of drug-likeness (QED) is 0.540. The number of nitrogens with one attached hydrogen (secondary N) is 1. The minimum absolute atomic E-state index is 0.177. The van der Waals surface area contributed by atoms with Crippen LogP contribution < -0.4 is 5.32 Å². The van der Waals surface area contributed by atoms with Crippen LogP contribution in [0, 0.1) is 0 Å². The summed E-state index contributed by atoms with van der Waals surface area (Å²) in [6.45, 7) is 0. The SMILES string of the molecule is CNC(C1=CCCCC1)C(OC)OC. The summed E-state index contributed by atoms with van der Waals surface area (Å²) in [6.07, 6.45) is 7.08. The molecule has 0 aromatic heterocycles. The van der Waals surface area contributed by atoms with Crippen LogP contribution in [0.2, 0.25) is 0 Å². The molecule has 1 unspecified atom stereocenters. The van der Waals surface area contributed by atoms with Crippen molar-refractivity contribution < 1.29 is 9.47 Å². The van der Waals surface area contributed by atoms with Crippen molar-refractivity contribution in [2.45, 2.75) is 38.0 Å². The van der Waals surface area contributed by atoms with Crippen molar-refractivity contribution in [3.63, 3.8) is 0 Å². The van der Waals surface area contributed by atoms with Gasteiger partial charge in [0.25, 0.3) is 0 Å². The van der Waals surface area contributed by atoms with E-state index in [2.05, 4.69) is 11.4 Å². The minimum atomic E-state index is -0.177. The van der Waals surface area contributed by atoms with Crippen molar-refractivity contribution in [3.8, 4) is 0 Å². The van der Waals surface area contributed by atoms with Crippen molar-refractivity contribution >= 4 is 0 Å². The molecule has 1 N–H and O–H groups in total. The second-order valence-electron chi connectivity index (χ2n) is 3.63. The lowest BCUT2D eigenvalue weighted by Gasteiger charge is -2.28. The number of rotatable bonds is 5. The van der Waals surface area contributed by atoms with Crippen LogP contribution in [0.15, 0.2) is 11.6 Å². The molecule has 0 spiro atoms. The first kappa shape index (κ1) is 11.7. The minimum Gasteiger partial charge on any atom is -0.354 e. The summed E-state index contributed by atoms with van der Waals surface area (Å²) in [5.41, 5.74) is 1.42. The molecule has 0 heterocycles. The average Bonchev–Trinajstić information content (AvgIpc) is 2.27. The summed E-state index contributed by atoms with van der Waals surface area (Å²) in [4.78, 5) is 0. The smallest absolute Gasteiger partial charge is 0.175 e. The standard InChI is InChI=1S/C11H21NO2/c1-12-10(11(13-2)14-3)9-7-5-4-6-8-9/h7,10-12H,4-6,8H2,1-3H3. The van der Waals surface area contributed by atoms with E-state index in [4.69, 9.17) is 9.47 Å². The second kappa shape index (κ2) is 6.17. The highest BCUT2D eigenvalue weighted by Crippen LogP contribution is 2.22. The van der Waals surface area contributed by atoms with Crippen molar-refractivity contribution in [1.82, 2.24) is 5.32 Å². The summed E-state index contributed by atoms with van der Waals surface area (Å²) in [7, 11) is 5.31. The van der Waals surface area contributed by atoms with E-state index >= 15 is 0 Å². The zero-order chi connectivity index (χ0) is 10.4. The molecule has 14 heavy (non-hydrogen) atoms. The predicted molar refractivity (Wildman–Crippen MR) is 57.2 cm³/mol. The lowest BCUT2D eigenvalue weighted by Crippen LogP contribution is -2.41. The highest BCUT2D eigenvalue weighted by Gasteiger charge is 2.23. The van der Waals surface area contributed by atoms with Gasteiger partial charge in [0.15, 0.2) is 6.29 Å². The third kappa shape index (κ3) is 2.80. The Labute approximate surface area is 86.5 Å². The third-order valence-corrected chi connectivity index (χ3v) is 2.77. The molecule has 3 nitrogen and oxygen atoms in total. The van der Waals surface area contributed by atoms with Crippen LogP contribution in [0.3, 0.4) is 0 Å². The molecule has 1 atom stereocenters. The van der Waals surface area contributed by atoms with Gasteiger partial charge in [0, 0.05) is 14.2 Å². The van der Waals surface area contributed by atoms with E-state index in [1.807, 2.05) is 7.05 Å². The zero-order valence-corrected chi connectivity index (χ0v) is 9.38. The van der Waals surface area contributed by atoms with Crippen molar-refractivity contribution in [2.24, 2.45) is 0 Å². The van der Waals surface area contributed by atoms with Gasteiger partial charge in [-0.25, -0.2) is 0 Å². The molecule has 0 bridgehead atoms. The third-order valence-electron chi connectivity index (χ3n) is 2.77. The normalized spacial score (nSPS) is 19.6. The van der Waals surface area contributed by atoms with Crippen LogP contribution >= 0.6 is 0 Å². The largest absolute Gasteiger partial charge is 0.354 e. The van der Waals surface area contributed by atoms with Crippen molar-refractivity contribution in [3.05, 3.63) is 11.6 Å². The van der Waals surface area contributed by atoms with Crippen molar-refractivity contribution in [2.75, 3.05) is 21.3 Å². The maximum atomic E-state index is 5.28. The van der Waals surface area contributed by atoms with Gasteiger partial charge in [-0.1, -0.05) is 11.6 Å². The van der Waals surface area contributed by atoms with Gasteiger partial charge in [-0.2, -0.15) is 0 Å². The van der Waals surface area contributed by atoms with Crippen LogP contribution in [0.1, 0.15) is 25.7 Å². The molecule has 0 aliphatic heterocycles. The van der Waals surface area contributed by atoms with E-state index in [1.165, 1.54) is 24.8 Å². The van der Waals surface area contributed by atoms with E-state index < -0.39 is 0 Å². The van der Waals surface area contributed by atoms with E-state index in [0.29, 0.717) is 0 Å². The van der Waals surface area contributed by atoms with Crippen LogP contribution in [0.4, 0.5) is 0 Å². The molecule has 0 saturated heterocycles. The van der Waals surface area contributed by atoms with E-state index in [0.717, 1.165) is 6.42 Å². The number of allylic oxidation sites excluding steroid dienone is 1. The van der Waals surface area contributed by atoms with E-state index in [1.54, 1.807) is 14.2 Å². The van der Waals surface area contributed by atoms with Crippen LogP contribution in [-0.4, -0.2) is 33.6 Å². The zero-order valence-electron chi connectivity index (χ0n) is 9.38. The lowest BCUT2D eigenvalue weighted by molar-refractivity contribution is -0.115. The molecule has 1 rings (SSSR count). The Balaban J connectivity index is 2.63. The Bertz CT molecular complexity index is 188. The fourth-order valence-corrected chi connectivity index (χ4v) is 2.01. The first-order chi connectivity index (χ1) is 6.83. The van der Waals surface area contributed by atoms with Crippen molar-refractivity contribution in [1.29, 1.82) is 0 Å². The highest BCUT2D eigenvalue weighted by molar-refractivity contribution is 5.14. The molecule has 3 heteroatoms. The Morgan fingerprint density at radius 3 is 2.43 bits per heavy atom. The van der Waals surface area contributed by atoms with Crippen LogP contribution in [0.5, 0.6) is 0 Å². The summed E-state index contributed by atoms with van der Waals surface area (Å²) in [5, 5.41) is 3.26. The van der Waals surface area contributed by atoms with E-state index in [9.17, 15) is 0 Å². The molecular weight excluding hydrogens is 178 g/mol. The van der Waals surface area contributed by atoms with Gasteiger partial charge in [-0.3, -0.25) is 0 Å². The summed E-state index contributed by atoms with van der Waals surface area (Å²) < 4.78 is 10.6. The van der Waals surface area contributed by atoms with Gasteiger partial charge in [0.2, 0.25) is 0 Å². The molecule has 82 valence electrons. The topological polar surface area (TPSA) is 30.5 Å². The van der Waals surface area contributed by atoms with Crippen LogP contribution in [0.25, 0.3) is 0 Å². The molecule has 1 aliphatic rings. The molecule has 0 amide bonds. The first-order valence-electron chi connectivity index (χ1n) is 5.25. The Morgan fingerprint density at radius 1 is 1.29 bits per heavy atom. The maximum Gasteiger partial charge on any atom is 0.175 e. The summed E-state index contributed by atoms with van der Waals surface area (Å²) in [5.74, 6) is 0. The van der Waals surface area contributed by atoms with Gasteiger partial charge in [0.1, 0.15) is 0 Å². The number of methoxy groups -OCH3 is 2. The molecule has 1 aliphatic carbocycles. The second-order valence-corrected chi connectivity index (χ2v) is 3.63. The Hall–Kier alpha value is -0.380. The number of hydrogen-bond acceptors (Lipinski definition) is 3. The first-order valence-corrected chi connectivity index (χ1v) is 5.25. The number of likely N-dealkylation sites (N-methyl/N-ethyl adjacent to an activating group) is 1. The molecule has 0 radical (unpaired) electrons. The highest BCUT2D eigenvalue weighted by atomic mass is 16.7. The molecule has 0 saturated carbocycles. The lowest BCUT2D eigenvalue weighted by atomic mass is 9.93. The monoisotopic (exact) mass is 199 g/mol. The fraction of sp³-hybridized carbons (Fsp3) is 0.818. The Kier molecular flexibility index (Phi) is 5.15. The van der Waals surface area contributed by atoms with Gasteiger partial charge < -0.3 is 14.8 Å².